The number of carbonyl (C=O) groups is 1. The molecule has 0 spiro atoms. The summed E-state index contributed by atoms with van der Waals surface area (Å²) in [6.07, 6.45) is 1.48. The summed E-state index contributed by atoms with van der Waals surface area (Å²) in [6, 6.07) is 2.89. The molecule has 1 fully saturated rings. The Labute approximate surface area is 108 Å². The fraction of sp³-hybridized carbons (Fsp3) is 0.455. The van der Waals surface area contributed by atoms with Gasteiger partial charge in [0.15, 0.2) is 0 Å². The first-order valence-corrected chi connectivity index (χ1v) is 5.61. The van der Waals surface area contributed by atoms with Crippen LogP contribution in [-0.2, 0) is 9.53 Å². The second-order valence-electron chi connectivity index (χ2n) is 4.59. The molecule has 19 heavy (non-hydrogen) atoms. The first-order valence-electron chi connectivity index (χ1n) is 5.61. The van der Waals surface area contributed by atoms with Gasteiger partial charge in [-0.15, -0.1) is 0 Å². The molecule has 0 bridgehead atoms. The van der Waals surface area contributed by atoms with Crippen molar-refractivity contribution in [2.75, 3.05) is 24.6 Å². The Bertz CT molecular complexity index is 513. The molecule has 1 aromatic rings. The number of aromatic nitrogens is 1. The minimum absolute atomic E-state index is 0.0669. The van der Waals surface area contributed by atoms with Crippen molar-refractivity contribution in [2.24, 2.45) is 0 Å². The Hall–Kier alpha value is -2.22. The van der Waals surface area contributed by atoms with E-state index >= 15 is 0 Å². The number of pyridine rings is 1. The summed E-state index contributed by atoms with van der Waals surface area (Å²) >= 11 is 0. The maximum Gasteiger partial charge on any atom is 0.329 e. The summed E-state index contributed by atoms with van der Waals surface area (Å²) in [4.78, 5) is 26.5. The van der Waals surface area contributed by atoms with Crippen molar-refractivity contribution in [3.8, 4) is 0 Å². The number of rotatable bonds is 5. The Morgan fingerprint density at radius 1 is 1.68 bits per heavy atom. The normalized spacial score (nSPS) is 16.8. The van der Waals surface area contributed by atoms with Crippen molar-refractivity contribution >= 4 is 17.5 Å². The van der Waals surface area contributed by atoms with Crippen LogP contribution in [0.15, 0.2) is 18.3 Å². The van der Waals surface area contributed by atoms with Crippen molar-refractivity contribution in [2.45, 2.75) is 12.5 Å². The summed E-state index contributed by atoms with van der Waals surface area (Å²) in [5, 5.41) is 19.4. The highest BCUT2D eigenvalue weighted by atomic mass is 16.6. The van der Waals surface area contributed by atoms with Gasteiger partial charge in [0.25, 0.3) is 0 Å². The number of carboxylic acid groups (broad SMARTS) is 1. The third-order valence-corrected chi connectivity index (χ3v) is 2.86. The highest BCUT2D eigenvalue weighted by Crippen LogP contribution is 2.34. The molecule has 1 N–H and O–H groups in total. The number of aliphatic carboxylic acids is 1. The standard InChI is InChI=1S/C11H13N3O5/c1-11(19-5-9(15)16)6-13(7-11)10-8(14(17)18)3-2-4-12-10/h2-4H,5-7H2,1H3,(H,15,16). The van der Waals surface area contributed by atoms with Crippen molar-refractivity contribution in [1.82, 2.24) is 4.98 Å². The minimum atomic E-state index is -1.04. The van der Waals surface area contributed by atoms with Gasteiger partial charge in [0, 0.05) is 12.3 Å². The largest absolute Gasteiger partial charge is 0.480 e. The molecule has 2 rings (SSSR count). The third-order valence-electron chi connectivity index (χ3n) is 2.86. The molecule has 0 aliphatic carbocycles. The Morgan fingerprint density at radius 3 is 2.95 bits per heavy atom. The Kier molecular flexibility index (Phi) is 3.34. The van der Waals surface area contributed by atoms with Gasteiger partial charge in [-0.25, -0.2) is 9.78 Å². The Balaban J connectivity index is 2.04. The summed E-state index contributed by atoms with van der Waals surface area (Å²) in [5.74, 6) is -0.757. The number of carboxylic acids is 1. The molecule has 1 saturated heterocycles. The average molecular weight is 267 g/mol. The molecule has 1 aromatic heterocycles. The number of hydrogen-bond donors (Lipinski definition) is 1. The minimum Gasteiger partial charge on any atom is -0.480 e. The van der Waals surface area contributed by atoms with Crippen LogP contribution in [0.25, 0.3) is 0 Å². The Morgan fingerprint density at radius 2 is 2.37 bits per heavy atom. The van der Waals surface area contributed by atoms with Gasteiger partial charge < -0.3 is 14.7 Å². The number of nitrogens with zero attached hydrogens (tertiary/aromatic N) is 3. The molecule has 0 saturated carbocycles. The lowest BCUT2D eigenvalue weighted by Gasteiger charge is -2.47. The van der Waals surface area contributed by atoms with Crippen molar-refractivity contribution in [3.05, 3.63) is 28.4 Å². The van der Waals surface area contributed by atoms with Crippen LogP contribution in [0.3, 0.4) is 0 Å². The molecule has 2 heterocycles. The predicted octanol–water partition coefficient (Wildman–Crippen LogP) is 0.670. The van der Waals surface area contributed by atoms with Crippen molar-refractivity contribution in [1.29, 1.82) is 0 Å². The molecule has 0 amide bonds. The lowest BCUT2D eigenvalue weighted by Crippen LogP contribution is -2.62. The molecule has 8 nitrogen and oxygen atoms in total. The van der Waals surface area contributed by atoms with Crippen LogP contribution in [0.2, 0.25) is 0 Å². The first kappa shape index (κ1) is 13.2. The summed E-state index contributed by atoms with van der Waals surface area (Å²) in [7, 11) is 0. The zero-order valence-corrected chi connectivity index (χ0v) is 10.3. The van der Waals surface area contributed by atoms with E-state index in [1.165, 1.54) is 18.3 Å². The fourth-order valence-corrected chi connectivity index (χ4v) is 2.01. The number of hydrogen-bond acceptors (Lipinski definition) is 6. The molecule has 0 radical (unpaired) electrons. The van der Waals surface area contributed by atoms with E-state index < -0.39 is 16.5 Å². The molecular weight excluding hydrogens is 254 g/mol. The monoisotopic (exact) mass is 267 g/mol. The van der Waals surface area contributed by atoms with Gasteiger partial charge in [0.2, 0.25) is 5.82 Å². The average Bonchev–Trinajstić information content (AvgIpc) is 2.33. The van der Waals surface area contributed by atoms with Crippen LogP contribution < -0.4 is 4.90 Å². The maximum atomic E-state index is 10.9. The van der Waals surface area contributed by atoms with E-state index in [1.54, 1.807) is 11.8 Å². The van der Waals surface area contributed by atoms with E-state index in [-0.39, 0.29) is 18.1 Å². The second kappa shape index (κ2) is 4.81. The van der Waals surface area contributed by atoms with Gasteiger partial charge in [-0.1, -0.05) is 0 Å². The van der Waals surface area contributed by atoms with E-state index in [4.69, 9.17) is 9.84 Å². The maximum absolute atomic E-state index is 10.9. The van der Waals surface area contributed by atoms with E-state index in [0.29, 0.717) is 13.1 Å². The van der Waals surface area contributed by atoms with Crippen LogP contribution >= 0.6 is 0 Å². The number of anilines is 1. The molecule has 0 atom stereocenters. The van der Waals surface area contributed by atoms with Crippen LogP contribution in [-0.4, -0.2) is 46.3 Å². The second-order valence-corrected chi connectivity index (χ2v) is 4.59. The number of ether oxygens (including phenoxy) is 1. The third kappa shape index (κ3) is 2.79. The van der Waals surface area contributed by atoms with E-state index in [2.05, 4.69) is 4.98 Å². The van der Waals surface area contributed by atoms with Crippen molar-refractivity contribution < 1.29 is 19.6 Å². The van der Waals surface area contributed by atoms with Gasteiger partial charge in [0.1, 0.15) is 12.2 Å². The molecule has 1 aliphatic rings. The highest BCUT2D eigenvalue weighted by Gasteiger charge is 2.43. The zero-order chi connectivity index (χ0) is 14.0. The van der Waals surface area contributed by atoms with E-state index in [1.807, 2.05) is 0 Å². The lowest BCUT2D eigenvalue weighted by molar-refractivity contribution is -0.384. The molecular formula is C11H13N3O5. The molecule has 8 heteroatoms. The van der Waals surface area contributed by atoms with Crippen LogP contribution in [0.4, 0.5) is 11.5 Å². The molecule has 1 aliphatic heterocycles. The number of nitro groups is 1. The lowest BCUT2D eigenvalue weighted by atomic mass is 9.96. The quantitative estimate of drug-likeness (QED) is 0.617. The zero-order valence-electron chi connectivity index (χ0n) is 10.3. The molecule has 0 aromatic carbocycles. The van der Waals surface area contributed by atoms with Gasteiger partial charge >= 0.3 is 11.7 Å². The highest BCUT2D eigenvalue weighted by molar-refractivity contribution is 5.68. The van der Waals surface area contributed by atoms with Gasteiger partial charge in [-0.3, -0.25) is 10.1 Å². The van der Waals surface area contributed by atoms with E-state index in [0.717, 1.165) is 0 Å². The smallest absolute Gasteiger partial charge is 0.329 e. The van der Waals surface area contributed by atoms with Crippen LogP contribution in [0, 0.1) is 10.1 Å². The van der Waals surface area contributed by atoms with Gasteiger partial charge in [-0.2, -0.15) is 0 Å². The summed E-state index contributed by atoms with van der Waals surface area (Å²) in [5.41, 5.74) is -0.674. The topological polar surface area (TPSA) is 106 Å². The molecule has 0 unspecified atom stereocenters. The molecule has 102 valence electrons. The SMILES string of the molecule is CC1(OCC(=O)O)CN(c2ncccc2[N+](=O)[O-])C1. The van der Waals surface area contributed by atoms with Crippen LogP contribution in [0.5, 0.6) is 0 Å². The summed E-state index contributed by atoms with van der Waals surface area (Å²) in [6.45, 7) is 2.13. The predicted molar refractivity (Wildman–Crippen MR) is 65.1 cm³/mol. The van der Waals surface area contributed by atoms with Gasteiger partial charge in [0.05, 0.1) is 18.0 Å². The van der Waals surface area contributed by atoms with E-state index in [9.17, 15) is 14.9 Å². The van der Waals surface area contributed by atoms with Crippen molar-refractivity contribution in [3.63, 3.8) is 0 Å². The summed E-state index contributed by atoms with van der Waals surface area (Å²) < 4.78 is 5.24. The van der Waals surface area contributed by atoms with Gasteiger partial charge in [-0.05, 0) is 13.0 Å². The fourth-order valence-electron chi connectivity index (χ4n) is 2.01. The first-order chi connectivity index (χ1) is 8.91. The van der Waals surface area contributed by atoms with Crippen LogP contribution in [0.1, 0.15) is 6.92 Å².